The normalized spacial score (nSPS) is 19.9. The molecule has 2 heterocycles. The lowest BCUT2D eigenvalue weighted by atomic mass is 9.96. The predicted molar refractivity (Wildman–Crippen MR) is 109 cm³/mol. The summed E-state index contributed by atoms with van der Waals surface area (Å²) >= 11 is 0. The number of piperidine rings is 1. The number of ether oxygens (including phenoxy) is 1. The Morgan fingerprint density at radius 2 is 1.96 bits per heavy atom. The highest BCUT2D eigenvalue weighted by Crippen LogP contribution is 2.27. The van der Waals surface area contributed by atoms with Crippen molar-refractivity contribution in [3.05, 3.63) is 11.7 Å². The number of hydrogen-bond acceptors (Lipinski definition) is 6. The summed E-state index contributed by atoms with van der Waals surface area (Å²) in [6.07, 6.45) is 1.97. The lowest BCUT2D eigenvalue weighted by Gasteiger charge is -2.39. The van der Waals surface area contributed by atoms with Crippen LogP contribution in [0.15, 0.2) is 4.52 Å². The predicted octanol–water partition coefficient (Wildman–Crippen LogP) is 4.61. The molecule has 0 N–H and O–H groups in total. The number of hydrogen-bond donors (Lipinski definition) is 0. The molecule has 1 aliphatic rings. The smallest absolute Gasteiger partial charge is 0.410 e. The second-order valence-corrected chi connectivity index (χ2v) is 9.55. The van der Waals surface area contributed by atoms with E-state index in [-0.39, 0.29) is 24.1 Å². The van der Waals surface area contributed by atoms with Crippen molar-refractivity contribution < 1.29 is 14.1 Å². The van der Waals surface area contributed by atoms with Gasteiger partial charge in [-0.15, -0.1) is 0 Å². The molecule has 1 saturated heterocycles. The molecule has 0 unspecified atom stereocenters. The molecule has 0 saturated carbocycles. The molecule has 1 aromatic heterocycles. The minimum atomic E-state index is -0.483. The van der Waals surface area contributed by atoms with Crippen molar-refractivity contribution in [2.24, 2.45) is 5.92 Å². The van der Waals surface area contributed by atoms with Gasteiger partial charge in [-0.2, -0.15) is 4.98 Å². The van der Waals surface area contributed by atoms with E-state index in [1.807, 2.05) is 39.5 Å². The van der Waals surface area contributed by atoms with Crippen molar-refractivity contribution in [2.75, 3.05) is 19.6 Å². The van der Waals surface area contributed by atoms with Crippen molar-refractivity contribution in [3.8, 4) is 0 Å². The molecule has 1 aromatic rings. The van der Waals surface area contributed by atoms with Crippen LogP contribution in [-0.2, 0) is 4.74 Å². The van der Waals surface area contributed by atoms with Crippen molar-refractivity contribution >= 4 is 6.09 Å². The third-order valence-corrected chi connectivity index (χ3v) is 5.14. The molecule has 1 fully saturated rings. The third-order valence-electron chi connectivity index (χ3n) is 5.14. The van der Waals surface area contributed by atoms with Crippen LogP contribution in [0, 0.1) is 5.92 Å². The van der Waals surface area contributed by atoms with Gasteiger partial charge < -0.3 is 14.2 Å². The standard InChI is InChI=1S/C21H38N4O3/c1-14(2)18-22-19(28-23-18)16(5)24-11-9-10-17(12-24)13-25(15(3)4)20(26)27-21(6,7)8/h14-17H,9-13H2,1-8H3/t16-,17+/m1/s1. The Hall–Kier alpha value is -1.63. The number of amides is 1. The summed E-state index contributed by atoms with van der Waals surface area (Å²) in [5, 5.41) is 4.10. The first-order valence-electron chi connectivity index (χ1n) is 10.5. The highest BCUT2D eigenvalue weighted by molar-refractivity contribution is 5.68. The van der Waals surface area contributed by atoms with Crippen LogP contribution < -0.4 is 0 Å². The molecule has 0 aliphatic carbocycles. The van der Waals surface area contributed by atoms with Gasteiger partial charge in [0.1, 0.15) is 5.60 Å². The molecule has 2 atom stereocenters. The summed E-state index contributed by atoms with van der Waals surface area (Å²) in [4.78, 5) is 21.4. The largest absolute Gasteiger partial charge is 0.444 e. The monoisotopic (exact) mass is 394 g/mol. The molecule has 0 radical (unpaired) electrons. The molecule has 1 aliphatic heterocycles. The summed E-state index contributed by atoms with van der Waals surface area (Å²) in [7, 11) is 0. The van der Waals surface area contributed by atoms with Gasteiger partial charge in [-0.1, -0.05) is 19.0 Å². The highest BCUT2D eigenvalue weighted by Gasteiger charge is 2.31. The Labute approximate surface area is 169 Å². The average molecular weight is 395 g/mol. The summed E-state index contributed by atoms with van der Waals surface area (Å²) < 4.78 is 11.1. The Morgan fingerprint density at radius 3 is 2.50 bits per heavy atom. The van der Waals surface area contributed by atoms with Gasteiger partial charge >= 0.3 is 6.09 Å². The van der Waals surface area contributed by atoms with Crippen molar-refractivity contribution in [2.45, 2.75) is 91.8 Å². The van der Waals surface area contributed by atoms with Crippen LogP contribution in [0.1, 0.15) is 91.9 Å². The molecule has 7 nitrogen and oxygen atoms in total. The van der Waals surface area contributed by atoms with Crippen LogP contribution in [0.2, 0.25) is 0 Å². The zero-order valence-electron chi connectivity index (χ0n) is 18.9. The summed E-state index contributed by atoms with van der Waals surface area (Å²) in [6.45, 7) is 18.7. The van der Waals surface area contributed by atoms with Crippen molar-refractivity contribution in [3.63, 3.8) is 0 Å². The zero-order chi connectivity index (χ0) is 21.1. The summed E-state index contributed by atoms with van der Waals surface area (Å²) in [5.41, 5.74) is -0.483. The molecular formula is C21H38N4O3. The first kappa shape index (κ1) is 22.7. The maximum absolute atomic E-state index is 12.6. The molecule has 28 heavy (non-hydrogen) atoms. The van der Waals surface area contributed by atoms with E-state index in [0.29, 0.717) is 18.4 Å². The fourth-order valence-electron chi connectivity index (χ4n) is 3.50. The van der Waals surface area contributed by atoms with Crippen LogP contribution in [0.3, 0.4) is 0 Å². The maximum Gasteiger partial charge on any atom is 0.410 e. The number of carbonyl (C=O) groups excluding carboxylic acids is 1. The van der Waals surface area contributed by atoms with Gasteiger partial charge in [0.25, 0.3) is 0 Å². The number of likely N-dealkylation sites (tertiary alicyclic amines) is 1. The van der Waals surface area contributed by atoms with Crippen LogP contribution in [0.5, 0.6) is 0 Å². The quantitative estimate of drug-likeness (QED) is 0.701. The third kappa shape index (κ3) is 6.19. The van der Waals surface area contributed by atoms with Gasteiger partial charge in [-0.3, -0.25) is 4.90 Å². The molecule has 0 bridgehead atoms. The summed E-state index contributed by atoms with van der Waals surface area (Å²) in [5.74, 6) is 2.09. The van der Waals surface area contributed by atoms with Crippen LogP contribution in [0.25, 0.3) is 0 Å². The second kappa shape index (κ2) is 9.25. The van der Waals surface area contributed by atoms with E-state index in [0.717, 1.165) is 31.8 Å². The molecule has 7 heteroatoms. The van der Waals surface area contributed by atoms with E-state index in [4.69, 9.17) is 9.26 Å². The van der Waals surface area contributed by atoms with E-state index in [2.05, 4.69) is 35.8 Å². The van der Waals surface area contributed by atoms with E-state index in [1.165, 1.54) is 0 Å². The molecular weight excluding hydrogens is 356 g/mol. The molecule has 1 amide bonds. The lowest BCUT2D eigenvalue weighted by Crippen LogP contribution is -2.47. The van der Waals surface area contributed by atoms with Gasteiger partial charge in [0.15, 0.2) is 5.82 Å². The van der Waals surface area contributed by atoms with E-state index >= 15 is 0 Å². The maximum atomic E-state index is 12.6. The first-order valence-corrected chi connectivity index (χ1v) is 10.5. The minimum absolute atomic E-state index is 0.0804. The zero-order valence-corrected chi connectivity index (χ0v) is 18.9. The Bertz CT molecular complexity index is 636. The van der Waals surface area contributed by atoms with Gasteiger partial charge in [-0.25, -0.2) is 4.79 Å². The number of rotatable bonds is 6. The van der Waals surface area contributed by atoms with E-state index in [9.17, 15) is 4.79 Å². The van der Waals surface area contributed by atoms with Crippen LogP contribution in [0.4, 0.5) is 4.79 Å². The molecule has 0 aromatic carbocycles. The molecule has 2 rings (SSSR count). The fraction of sp³-hybridized carbons (Fsp3) is 0.857. The Morgan fingerprint density at radius 1 is 1.29 bits per heavy atom. The summed E-state index contributed by atoms with van der Waals surface area (Å²) in [6, 6.07) is 0.184. The van der Waals surface area contributed by atoms with Crippen LogP contribution >= 0.6 is 0 Å². The first-order chi connectivity index (χ1) is 13.0. The number of aromatic nitrogens is 2. The van der Waals surface area contributed by atoms with Gasteiger partial charge in [0.05, 0.1) is 6.04 Å². The highest BCUT2D eigenvalue weighted by atomic mass is 16.6. The SMILES string of the molecule is CC(C)c1noc([C@@H](C)N2CCC[C@H](CN(C(=O)OC(C)(C)C)C(C)C)C2)n1. The fourth-order valence-corrected chi connectivity index (χ4v) is 3.50. The lowest BCUT2D eigenvalue weighted by molar-refractivity contribution is 0.0101. The van der Waals surface area contributed by atoms with Gasteiger partial charge in [-0.05, 0) is 66.8 Å². The van der Waals surface area contributed by atoms with Crippen molar-refractivity contribution in [1.82, 2.24) is 19.9 Å². The van der Waals surface area contributed by atoms with E-state index in [1.54, 1.807) is 0 Å². The minimum Gasteiger partial charge on any atom is -0.444 e. The molecule has 160 valence electrons. The second-order valence-electron chi connectivity index (χ2n) is 9.55. The Kier molecular flexibility index (Phi) is 7.48. The number of carbonyl (C=O) groups is 1. The Balaban J connectivity index is 2.01. The van der Waals surface area contributed by atoms with Crippen LogP contribution in [-0.4, -0.2) is 57.3 Å². The number of nitrogens with zero attached hydrogens (tertiary/aromatic N) is 4. The van der Waals surface area contributed by atoms with Gasteiger partial charge in [0, 0.05) is 25.0 Å². The molecule has 0 spiro atoms. The van der Waals surface area contributed by atoms with Crippen molar-refractivity contribution in [1.29, 1.82) is 0 Å². The average Bonchev–Trinajstić information content (AvgIpc) is 3.07. The van der Waals surface area contributed by atoms with Gasteiger partial charge in [0.2, 0.25) is 5.89 Å². The van der Waals surface area contributed by atoms with E-state index < -0.39 is 5.60 Å². The topological polar surface area (TPSA) is 71.7 Å².